The molecule has 0 aliphatic carbocycles. The Labute approximate surface area is 127 Å². The highest BCUT2D eigenvalue weighted by Crippen LogP contribution is 2.34. The van der Waals surface area contributed by atoms with Gasteiger partial charge in [0.2, 0.25) is 6.86 Å². The van der Waals surface area contributed by atoms with Gasteiger partial charge in [-0.3, -0.25) is 4.40 Å². The van der Waals surface area contributed by atoms with Crippen LogP contribution in [-0.4, -0.2) is 29.3 Å². The number of hydrogen-bond donors (Lipinski definition) is 0. The van der Waals surface area contributed by atoms with Crippen molar-refractivity contribution in [3.05, 3.63) is 48.7 Å². The molecule has 3 aromatic rings. The van der Waals surface area contributed by atoms with Gasteiger partial charge >= 0.3 is 0 Å². The standard InChI is InChI=1S/C17H16FN3O/c18-12-22-14-7-5-13(6-8-14)16-17(20-9-3-10-20)21-11-2-1-4-15(21)19-16/h1-2,4-8,11H,3,9-10,12H2. The normalized spacial score (nSPS) is 14.1. The molecule has 5 heteroatoms. The van der Waals surface area contributed by atoms with Crippen LogP contribution in [0.2, 0.25) is 0 Å². The summed E-state index contributed by atoms with van der Waals surface area (Å²) in [4.78, 5) is 7.10. The van der Waals surface area contributed by atoms with E-state index in [0.717, 1.165) is 35.8 Å². The molecule has 112 valence electrons. The molecule has 1 aliphatic heterocycles. The van der Waals surface area contributed by atoms with Crippen molar-refractivity contribution in [2.24, 2.45) is 0 Å². The second-order valence-electron chi connectivity index (χ2n) is 5.33. The zero-order chi connectivity index (χ0) is 14.9. The Bertz CT molecular complexity index is 793. The fourth-order valence-corrected chi connectivity index (χ4v) is 2.78. The summed E-state index contributed by atoms with van der Waals surface area (Å²) in [5, 5.41) is 0. The zero-order valence-corrected chi connectivity index (χ0v) is 12.1. The average Bonchev–Trinajstić information content (AvgIpc) is 2.86. The summed E-state index contributed by atoms with van der Waals surface area (Å²) in [6.45, 7) is 1.30. The molecule has 2 aromatic heterocycles. The lowest BCUT2D eigenvalue weighted by Gasteiger charge is -2.33. The van der Waals surface area contributed by atoms with Crippen molar-refractivity contribution >= 4 is 11.5 Å². The van der Waals surface area contributed by atoms with Crippen LogP contribution < -0.4 is 9.64 Å². The third-order valence-corrected chi connectivity index (χ3v) is 4.01. The molecule has 1 saturated heterocycles. The van der Waals surface area contributed by atoms with Gasteiger partial charge < -0.3 is 9.64 Å². The molecule has 0 bridgehead atoms. The predicted octanol–water partition coefficient (Wildman–Crippen LogP) is 3.52. The van der Waals surface area contributed by atoms with Crippen LogP contribution in [0.3, 0.4) is 0 Å². The van der Waals surface area contributed by atoms with Crippen LogP contribution >= 0.6 is 0 Å². The lowest BCUT2D eigenvalue weighted by Crippen LogP contribution is -2.38. The van der Waals surface area contributed by atoms with Crippen molar-refractivity contribution in [2.45, 2.75) is 6.42 Å². The Morgan fingerprint density at radius 1 is 1.09 bits per heavy atom. The van der Waals surface area contributed by atoms with Gasteiger partial charge in [-0.05, 0) is 42.8 Å². The van der Waals surface area contributed by atoms with Gasteiger partial charge in [-0.25, -0.2) is 9.37 Å². The number of anilines is 1. The van der Waals surface area contributed by atoms with Crippen LogP contribution in [0, 0.1) is 0 Å². The number of rotatable bonds is 4. The smallest absolute Gasteiger partial charge is 0.228 e. The van der Waals surface area contributed by atoms with Gasteiger partial charge in [0.05, 0.1) is 0 Å². The molecule has 0 spiro atoms. The SMILES string of the molecule is FCOc1ccc(-c2nc3ccccn3c2N2CCC2)cc1. The van der Waals surface area contributed by atoms with Crippen LogP contribution in [0.1, 0.15) is 6.42 Å². The molecule has 4 nitrogen and oxygen atoms in total. The van der Waals surface area contributed by atoms with Gasteiger partial charge in [0, 0.05) is 24.8 Å². The minimum Gasteiger partial charge on any atom is -0.463 e. The number of nitrogens with zero attached hydrogens (tertiary/aromatic N) is 3. The minimum absolute atomic E-state index is 0.528. The lowest BCUT2D eigenvalue weighted by molar-refractivity contribution is 0.192. The Morgan fingerprint density at radius 3 is 2.59 bits per heavy atom. The fraction of sp³-hybridized carbons (Fsp3) is 0.235. The maximum absolute atomic E-state index is 12.2. The monoisotopic (exact) mass is 297 g/mol. The summed E-state index contributed by atoms with van der Waals surface area (Å²) in [6, 6.07) is 13.4. The first-order valence-electron chi connectivity index (χ1n) is 7.38. The molecule has 4 rings (SSSR count). The van der Waals surface area contributed by atoms with Gasteiger partial charge in [-0.15, -0.1) is 0 Å². The van der Waals surface area contributed by atoms with E-state index >= 15 is 0 Å². The van der Waals surface area contributed by atoms with E-state index in [0.29, 0.717) is 5.75 Å². The molecule has 0 atom stereocenters. The van der Waals surface area contributed by atoms with Crippen LogP contribution in [0.25, 0.3) is 16.9 Å². The first kappa shape index (κ1) is 13.1. The Balaban J connectivity index is 1.83. The molecule has 0 unspecified atom stereocenters. The zero-order valence-electron chi connectivity index (χ0n) is 12.1. The largest absolute Gasteiger partial charge is 0.463 e. The van der Waals surface area contributed by atoms with E-state index in [1.807, 2.05) is 36.5 Å². The number of ether oxygens (including phenoxy) is 1. The summed E-state index contributed by atoms with van der Waals surface area (Å²) >= 11 is 0. The van der Waals surface area contributed by atoms with E-state index in [1.165, 1.54) is 6.42 Å². The second-order valence-corrected chi connectivity index (χ2v) is 5.33. The summed E-state index contributed by atoms with van der Waals surface area (Å²) in [5.41, 5.74) is 2.90. The highest BCUT2D eigenvalue weighted by molar-refractivity contribution is 5.78. The second kappa shape index (κ2) is 5.33. The lowest BCUT2D eigenvalue weighted by atomic mass is 10.1. The molecule has 1 fully saturated rings. The van der Waals surface area contributed by atoms with E-state index in [1.54, 1.807) is 12.1 Å². The van der Waals surface area contributed by atoms with E-state index in [4.69, 9.17) is 9.72 Å². The van der Waals surface area contributed by atoms with E-state index in [2.05, 4.69) is 9.30 Å². The number of benzene rings is 1. The minimum atomic E-state index is -0.813. The van der Waals surface area contributed by atoms with Crippen LogP contribution in [-0.2, 0) is 0 Å². The molecule has 0 amide bonds. The van der Waals surface area contributed by atoms with Gasteiger partial charge in [0.25, 0.3) is 0 Å². The van der Waals surface area contributed by atoms with E-state index < -0.39 is 6.86 Å². The van der Waals surface area contributed by atoms with Gasteiger partial charge in [-0.2, -0.15) is 0 Å². The molecule has 3 heterocycles. The van der Waals surface area contributed by atoms with Crippen LogP contribution in [0.15, 0.2) is 48.7 Å². The molecule has 0 radical (unpaired) electrons. The van der Waals surface area contributed by atoms with Crippen molar-refractivity contribution in [3.8, 4) is 17.0 Å². The highest BCUT2D eigenvalue weighted by atomic mass is 19.1. The third kappa shape index (κ3) is 2.09. The summed E-state index contributed by atoms with van der Waals surface area (Å²) in [7, 11) is 0. The molecule has 0 N–H and O–H groups in total. The van der Waals surface area contributed by atoms with E-state index in [9.17, 15) is 4.39 Å². The van der Waals surface area contributed by atoms with Crippen molar-refractivity contribution in [2.75, 3.05) is 24.9 Å². The van der Waals surface area contributed by atoms with Crippen LogP contribution in [0.5, 0.6) is 5.75 Å². The van der Waals surface area contributed by atoms with Crippen molar-refractivity contribution < 1.29 is 9.13 Å². The van der Waals surface area contributed by atoms with Gasteiger partial charge in [-0.1, -0.05) is 6.07 Å². The highest BCUT2D eigenvalue weighted by Gasteiger charge is 2.23. The number of hydrogen-bond acceptors (Lipinski definition) is 3. The van der Waals surface area contributed by atoms with Gasteiger partial charge in [0.1, 0.15) is 22.9 Å². The summed E-state index contributed by atoms with van der Waals surface area (Å²) < 4.78 is 19.2. The van der Waals surface area contributed by atoms with Crippen LogP contribution in [0.4, 0.5) is 10.2 Å². The maximum atomic E-state index is 12.2. The number of halogens is 1. The Kier molecular flexibility index (Phi) is 3.18. The van der Waals surface area contributed by atoms with E-state index in [-0.39, 0.29) is 0 Å². The topological polar surface area (TPSA) is 29.8 Å². The molecule has 22 heavy (non-hydrogen) atoms. The molecular weight excluding hydrogens is 281 g/mol. The number of imidazole rings is 1. The first-order valence-corrected chi connectivity index (χ1v) is 7.38. The quantitative estimate of drug-likeness (QED) is 0.738. The molecule has 1 aliphatic rings. The van der Waals surface area contributed by atoms with Crippen molar-refractivity contribution in [1.29, 1.82) is 0 Å². The number of alkyl halides is 1. The molecule has 0 saturated carbocycles. The number of fused-ring (bicyclic) bond motifs is 1. The Hall–Kier alpha value is -2.56. The molecular formula is C17H16FN3O. The number of aromatic nitrogens is 2. The van der Waals surface area contributed by atoms with Crippen molar-refractivity contribution in [1.82, 2.24) is 9.38 Å². The van der Waals surface area contributed by atoms with Crippen molar-refractivity contribution in [3.63, 3.8) is 0 Å². The Morgan fingerprint density at radius 2 is 1.91 bits per heavy atom. The first-order chi connectivity index (χ1) is 10.9. The van der Waals surface area contributed by atoms with Gasteiger partial charge in [0.15, 0.2) is 0 Å². The summed E-state index contributed by atoms with van der Waals surface area (Å²) in [5.74, 6) is 1.65. The maximum Gasteiger partial charge on any atom is 0.228 e. The average molecular weight is 297 g/mol. The summed E-state index contributed by atoms with van der Waals surface area (Å²) in [6.07, 6.45) is 3.25. The number of pyridine rings is 1. The molecule has 1 aromatic carbocycles. The predicted molar refractivity (Wildman–Crippen MR) is 84.1 cm³/mol. The fourth-order valence-electron chi connectivity index (χ4n) is 2.78. The third-order valence-electron chi connectivity index (χ3n) is 4.01.